The SMILES string of the molecule is COc1ccc(CN2CC[C@@H](NC(=O)c3cccc4[nH]ccc34)C2)cn1. The maximum Gasteiger partial charge on any atom is 0.252 e. The lowest BCUT2D eigenvalue weighted by Gasteiger charge is -2.17. The van der Waals surface area contributed by atoms with Crippen molar-refractivity contribution >= 4 is 16.8 Å². The molecule has 1 aliphatic rings. The fourth-order valence-electron chi connectivity index (χ4n) is 3.52. The summed E-state index contributed by atoms with van der Waals surface area (Å²) < 4.78 is 5.09. The number of carbonyl (C=O) groups is 1. The molecule has 134 valence electrons. The van der Waals surface area contributed by atoms with Crippen molar-refractivity contribution in [1.82, 2.24) is 20.2 Å². The van der Waals surface area contributed by atoms with Gasteiger partial charge in [0.05, 0.1) is 7.11 Å². The number of hydrogen-bond donors (Lipinski definition) is 2. The number of pyridine rings is 1. The number of hydrogen-bond acceptors (Lipinski definition) is 4. The summed E-state index contributed by atoms with van der Waals surface area (Å²) in [4.78, 5) is 22.4. The summed E-state index contributed by atoms with van der Waals surface area (Å²) in [5.74, 6) is 0.618. The molecule has 3 aromatic rings. The van der Waals surface area contributed by atoms with Crippen LogP contribution in [0.3, 0.4) is 0 Å². The van der Waals surface area contributed by atoms with Crippen LogP contribution in [-0.4, -0.2) is 47.0 Å². The molecule has 4 rings (SSSR count). The normalized spacial score (nSPS) is 17.5. The Morgan fingerprint density at radius 2 is 2.27 bits per heavy atom. The van der Waals surface area contributed by atoms with Crippen LogP contribution in [0.4, 0.5) is 0 Å². The zero-order valence-corrected chi connectivity index (χ0v) is 14.7. The van der Waals surface area contributed by atoms with E-state index in [0.29, 0.717) is 5.88 Å². The molecule has 26 heavy (non-hydrogen) atoms. The van der Waals surface area contributed by atoms with Crippen molar-refractivity contribution in [1.29, 1.82) is 0 Å². The minimum atomic E-state index is -0.00633. The van der Waals surface area contributed by atoms with Crippen molar-refractivity contribution in [3.05, 3.63) is 59.9 Å². The number of benzene rings is 1. The number of amides is 1. The molecule has 0 bridgehead atoms. The van der Waals surface area contributed by atoms with Crippen LogP contribution in [0.15, 0.2) is 48.8 Å². The highest BCUT2D eigenvalue weighted by molar-refractivity contribution is 6.06. The molecule has 0 radical (unpaired) electrons. The van der Waals surface area contributed by atoms with Crippen LogP contribution >= 0.6 is 0 Å². The second-order valence-corrected chi connectivity index (χ2v) is 6.65. The van der Waals surface area contributed by atoms with E-state index in [-0.39, 0.29) is 11.9 Å². The first-order chi connectivity index (χ1) is 12.7. The highest BCUT2D eigenvalue weighted by atomic mass is 16.5. The average molecular weight is 350 g/mol. The number of nitrogens with one attached hydrogen (secondary N) is 2. The summed E-state index contributed by atoms with van der Waals surface area (Å²) in [6.07, 6.45) is 4.66. The van der Waals surface area contributed by atoms with Gasteiger partial charge in [-0.25, -0.2) is 4.98 Å². The van der Waals surface area contributed by atoms with E-state index in [4.69, 9.17) is 4.74 Å². The van der Waals surface area contributed by atoms with Crippen LogP contribution in [0.5, 0.6) is 5.88 Å². The summed E-state index contributed by atoms with van der Waals surface area (Å²) in [5, 5.41) is 4.14. The Morgan fingerprint density at radius 1 is 1.35 bits per heavy atom. The maximum absolute atomic E-state index is 12.7. The molecule has 0 unspecified atom stereocenters. The van der Waals surface area contributed by atoms with E-state index in [1.54, 1.807) is 7.11 Å². The van der Waals surface area contributed by atoms with Crippen LogP contribution in [0, 0.1) is 0 Å². The van der Waals surface area contributed by atoms with Crippen LogP contribution in [0.1, 0.15) is 22.3 Å². The molecule has 1 aliphatic heterocycles. The number of H-pyrrole nitrogens is 1. The lowest BCUT2D eigenvalue weighted by molar-refractivity contribution is 0.0939. The molecule has 6 nitrogen and oxygen atoms in total. The Hall–Kier alpha value is -2.86. The second-order valence-electron chi connectivity index (χ2n) is 6.65. The number of nitrogens with zero attached hydrogens (tertiary/aromatic N) is 2. The lowest BCUT2D eigenvalue weighted by atomic mass is 10.1. The summed E-state index contributed by atoms with van der Waals surface area (Å²) in [6, 6.07) is 11.8. The molecule has 1 aromatic carbocycles. The molecule has 2 aromatic heterocycles. The highest BCUT2D eigenvalue weighted by Gasteiger charge is 2.24. The summed E-state index contributed by atoms with van der Waals surface area (Å²) in [6.45, 7) is 2.64. The number of carbonyl (C=O) groups excluding carboxylic acids is 1. The minimum absolute atomic E-state index is 0.00633. The van der Waals surface area contributed by atoms with Crippen LogP contribution in [-0.2, 0) is 6.54 Å². The summed E-state index contributed by atoms with van der Waals surface area (Å²) >= 11 is 0. The predicted octanol–water partition coefficient (Wildman–Crippen LogP) is 2.58. The van der Waals surface area contributed by atoms with Gasteiger partial charge in [0.2, 0.25) is 5.88 Å². The topological polar surface area (TPSA) is 70.2 Å². The summed E-state index contributed by atoms with van der Waals surface area (Å²) in [5.41, 5.74) is 2.86. The fraction of sp³-hybridized carbons (Fsp3) is 0.300. The highest BCUT2D eigenvalue weighted by Crippen LogP contribution is 2.19. The first-order valence-electron chi connectivity index (χ1n) is 8.81. The minimum Gasteiger partial charge on any atom is -0.481 e. The molecule has 0 spiro atoms. The van der Waals surface area contributed by atoms with E-state index in [9.17, 15) is 4.79 Å². The first kappa shape index (κ1) is 16.6. The molecule has 1 atom stereocenters. The average Bonchev–Trinajstić information content (AvgIpc) is 3.31. The molecule has 0 saturated carbocycles. The maximum atomic E-state index is 12.7. The van der Waals surface area contributed by atoms with Gasteiger partial charge in [0.1, 0.15) is 0 Å². The number of ether oxygens (including phenoxy) is 1. The van der Waals surface area contributed by atoms with Crippen molar-refractivity contribution in [3.63, 3.8) is 0 Å². The Kier molecular flexibility index (Phi) is 4.58. The zero-order valence-electron chi connectivity index (χ0n) is 14.7. The molecule has 1 fully saturated rings. The van der Waals surface area contributed by atoms with E-state index in [0.717, 1.165) is 48.1 Å². The molecule has 1 saturated heterocycles. The second kappa shape index (κ2) is 7.17. The van der Waals surface area contributed by atoms with Crippen LogP contribution in [0.25, 0.3) is 10.9 Å². The largest absolute Gasteiger partial charge is 0.481 e. The molecule has 3 heterocycles. The van der Waals surface area contributed by atoms with E-state index >= 15 is 0 Å². The standard InChI is InChI=1S/C20H22N4O2/c1-26-19-6-5-14(11-22-19)12-24-10-8-15(13-24)23-20(25)17-3-2-4-18-16(17)7-9-21-18/h2-7,9,11,15,21H,8,10,12-13H2,1H3,(H,23,25)/t15-/m1/s1. The van der Waals surface area contributed by atoms with Gasteiger partial charge in [-0.3, -0.25) is 9.69 Å². The van der Waals surface area contributed by atoms with E-state index in [1.165, 1.54) is 0 Å². The van der Waals surface area contributed by atoms with Crippen LogP contribution in [0.2, 0.25) is 0 Å². The van der Waals surface area contributed by atoms with Gasteiger partial charge in [0, 0.05) is 60.6 Å². The van der Waals surface area contributed by atoms with E-state index in [1.807, 2.05) is 48.8 Å². The van der Waals surface area contributed by atoms with Gasteiger partial charge < -0.3 is 15.0 Å². The number of fused-ring (bicyclic) bond motifs is 1. The number of aromatic amines is 1. The third kappa shape index (κ3) is 3.41. The molecular weight excluding hydrogens is 328 g/mol. The molecule has 2 N–H and O–H groups in total. The van der Waals surface area contributed by atoms with Crippen molar-refractivity contribution in [2.75, 3.05) is 20.2 Å². The predicted molar refractivity (Wildman–Crippen MR) is 100 cm³/mol. The monoisotopic (exact) mass is 350 g/mol. The lowest BCUT2D eigenvalue weighted by Crippen LogP contribution is -2.37. The number of likely N-dealkylation sites (tertiary alicyclic amines) is 1. The fourth-order valence-corrected chi connectivity index (χ4v) is 3.52. The number of rotatable bonds is 5. The smallest absolute Gasteiger partial charge is 0.252 e. The Bertz CT molecular complexity index is 904. The number of methoxy groups -OCH3 is 1. The van der Waals surface area contributed by atoms with Crippen molar-refractivity contribution < 1.29 is 9.53 Å². The van der Waals surface area contributed by atoms with Gasteiger partial charge in [-0.15, -0.1) is 0 Å². The first-order valence-corrected chi connectivity index (χ1v) is 8.81. The van der Waals surface area contributed by atoms with E-state index < -0.39 is 0 Å². The Morgan fingerprint density at radius 3 is 3.08 bits per heavy atom. The third-order valence-corrected chi connectivity index (χ3v) is 4.86. The third-order valence-electron chi connectivity index (χ3n) is 4.86. The quantitative estimate of drug-likeness (QED) is 0.742. The van der Waals surface area contributed by atoms with Crippen LogP contribution < -0.4 is 10.1 Å². The van der Waals surface area contributed by atoms with Gasteiger partial charge in [-0.05, 0) is 30.2 Å². The van der Waals surface area contributed by atoms with Gasteiger partial charge in [-0.2, -0.15) is 0 Å². The number of aromatic nitrogens is 2. The van der Waals surface area contributed by atoms with Gasteiger partial charge in [0.25, 0.3) is 5.91 Å². The van der Waals surface area contributed by atoms with Crippen molar-refractivity contribution in [2.24, 2.45) is 0 Å². The molecule has 0 aliphatic carbocycles. The van der Waals surface area contributed by atoms with Crippen molar-refractivity contribution in [2.45, 2.75) is 19.0 Å². The zero-order chi connectivity index (χ0) is 17.9. The van der Waals surface area contributed by atoms with Gasteiger partial charge in [0.15, 0.2) is 0 Å². The van der Waals surface area contributed by atoms with Gasteiger partial charge in [-0.1, -0.05) is 12.1 Å². The Labute approximate surface area is 152 Å². The summed E-state index contributed by atoms with van der Waals surface area (Å²) in [7, 11) is 1.61. The van der Waals surface area contributed by atoms with Crippen molar-refractivity contribution in [3.8, 4) is 5.88 Å². The Balaban J connectivity index is 1.36. The van der Waals surface area contributed by atoms with Gasteiger partial charge >= 0.3 is 0 Å². The van der Waals surface area contributed by atoms with E-state index in [2.05, 4.69) is 20.2 Å². The molecular formula is C20H22N4O2. The molecule has 6 heteroatoms. The molecule has 1 amide bonds.